The van der Waals surface area contributed by atoms with Crippen LogP contribution in [0, 0.1) is 0 Å². The topological polar surface area (TPSA) is 55.8 Å². The van der Waals surface area contributed by atoms with Gasteiger partial charge in [-0.15, -0.1) is 0 Å². The van der Waals surface area contributed by atoms with E-state index in [1.807, 2.05) is 20.8 Å². The van der Waals surface area contributed by atoms with Crippen molar-refractivity contribution in [3.63, 3.8) is 0 Å². The number of carbonyl (C=O) groups is 1. The van der Waals surface area contributed by atoms with Crippen molar-refractivity contribution in [2.75, 3.05) is 0 Å². The SMILES string of the molecule is CC[C@]1(O)CC(=O)C[C@H]2OC(C)(C)O[C@H]21. The third-order valence-corrected chi connectivity index (χ3v) is 3.26. The molecule has 4 nitrogen and oxygen atoms in total. The summed E-state index contributed by atoms with van der Waals surface area (Å²) in [6.45, 7) is 5.49. The Balaban J connectivity index is 2.25. The average molecular weight is 214 g/mol. The molecule has 0 radical (unpaired) electrons. The fraction of sp³-hybridized carbons (Fsp3) is 0.909. The van der Waals surface area contributed by atoms with E-state index in [1.54, 1.807) is 0 Å². The largest absolute Gasteiger partial charge is 0.387 e. The smallest absolute Gasteiger partial charge is 0.163 e. The molecule has 4 heteroatoms. The molecule has 1 aliphatic carbocycles. The van der Waals surface area contributed by atoms with Gasteiger partial charge in [0.15, 0.2) is 5.79 Å². The number of fused-ring (bicyclic) bond motifs is 1. The lowest BCUT2D eigenvalue weighted by molar-refractivity contribution is -0.173. The zero-order valence-electron chi connectivity index (χ0n) is 9.45. The van der Waals surface area contributed by atoms with E-state index < -0.39 is 11.4 Å². The van der Waals surface area contributed by atoms with Gasteiger partial charge in [-0.2, -0.15) is 0 Å². The number of aliphatic hydroxyl groups is 1. The van der Waals surface area contributed by atoms with Crippen LogP contribution in [0.5, 0.6) is 0 Å². The molecule has 2 rings (SSSR count). The van der Waals surface area contributed by atoms with Gasteiger partial charge < -0.3 is 14.6 Å². The Morgan fingerprint density at radius 1 is 1.47 bits per heavy atom. The molecule has 0 amide bonds. The minimum absolute atomic E-state index is 0.0573. The van der Waals surface area contributed by atoms with Gasteiger partial charge in [-0.25, -0.2) is 0 Å². The van der Waals surface area contributed by atoms with E-state index in [4.69, 9.17) is 9.47 Å². The maximum atomic E-state index is 11.5. The van der Waals surface area contributed by atoms with E-state index >= 15 is 0 Å². The van der Waals surface area contributed by atoms with Crippen molar-refractivity contribution in [2.24, 2.45) is 0 Å². The van der Waals surface area contributed by atoms with E-state index in [-0.39, 0.29) is 24.4 Å². The first-order valence-corrected chi connectivity index (χ1v) is 5.46. The molecule has 0 spiro atoms. The first kappa shape index (κ1) is 11.0. The van der Waals surface area contributed by atoms with Gasteiger partial charge in [0.1, 0.15) is 17.5 Å². The molecule has 0 aromatic rings. The van der Waals surface area contributed by atoms with Crippen LogP contribution < -0.4 is 0 Å². The van der Waals surface area contributed by atoms with Crippen LogP contribution in [-0.2, 0) is 14.3 Å². The summed E-state index contributed by atoms with van der Waals surface area (Å²) in [5.41, 5.74) is -1.05. The summed E-state index contributed by atoms with van der Waals surface area (Å²) >= 11 is 0. The minimum Gasteiger partial charge on any atom is -0.387 e. The van der Waals surface area contributed by atoms with Gasteiger partial charge in [-0.05, 0) is 20.3 Å². The number of hydrogen-bond donors (Lipinski definition) is 1. The summed E-state index contributed by atoms with van der Waals surface area (Å²) in [5, 5.41) is 10.3. The van der Waals surface area contributed by atoms with Crippen molar-refractivity contribution in [3.05, 3.63) is 0 Å². The predicted octanol–water partition coefficient (Wildman–Crippen LogP) is 1.01. The highest BCUT2D eigenvalue weighted by atomic mass is 16.8. The first-order valence-electron chi connectivity index (χ1n) is 5.46. The fourth-order valence-electron chi connectivity index (χ4n) is 2.50. The molecule has 2 fully saturated rings. The second-order valence-electron chi connectivity index (χ2n) is 4.97. The number of hydrogen-bond acceptors (Lipinski definition) is 4. The first-order chi connectivity index (χ1) is 6.86. The molecule has 1 heterocycles. The molecule has 2 aliphatic rings. The van der Waals surface area contributed by atoms with Crippen molar-refractivity contribution >= 4 is 5.78 Å². The van der Waals surface area contributed by atoms with E-state index in [1.165, 1.54) is 0 Å². The maximum absolute atomic E-state index is 11.5. The number of ketones is 1. The Kier molecular flexibility index (Phi) is 2.41. The lowest BCUT2D eigenvalue weighted by Crippen LogP contribution is -2.53. The zero-order chi connectivity index (χ0) is 11.3. The van der Waals surface area contributed by atoms with Crippen LogP contribution in [0.15, 0.2) is 0 Å². The molecule has 0 bridgehead atoms. The lowest BCUT2D eigenvalue weighted by Gasteiger charge is -2.37. The normalized spacial score (nSPS) is 44.1. The average Bonchev–Trinajstić information content (AvgIpc) is 2.40. The van der Waals surface area contributed by atoms with Crippen molar-refractivity contribution in [3.8, 4) is 0 Å². The van der Waals surface area contributed by atoms with Gasteiger partial charge in [-0.1, -0.05) is 6.92 Å². The Hall–Kier alpha value is -0.450. The molecular weight excluding hydrogens is 196 g/mol. The van der Waals surface area contributed by atoms with Crippen molar-refractivity contribution < 1.29 is 19.4 Å². The molecule has 1 aliphatic heterocycles. The highest BCUT2D eigenvalue weighted by Crippen LogP contribution is 2.41. The predicted molar refractivity (Wildman–Crippen MR) is 53.3 cm³/mol. The fourth-order valence-corrected chi connectivity index (χ4v) is 2.50. The third-order valence-electron chi connectivity index (χ3n) is 3.26. The van der Waals surface area contributed by atoms with E-state index in [0.717, 1.165) is 0 Å². The summed E-state index contributed by atoms with van der Waals surface area (Å²) in [6.07, 6.45) is 0.404. The van der Waals surface area contributed by atoms with Crippen molar-refractivity contribution in [2.45, 2.75) is 63.6 Å². The Labute approximate surface area is 89.6 Å². The van der Waals surface area contributed by atoms with E-state index in [9.17, 15) is 9.90 Å². The van der Waals surface area contributed by atoms with Crippen molar-refractivity contribution in [1.29, 1.82) is 0 Å². The molecule has 0 aromatic carbocycles. The highest BCUT2D eigenvalue weighted by Gasteiger charge is 2.55. The molecular formula is C11H18O4. The van der Waals surface area contributed by atoms with Crippen LogP contribution in [0.1, 0.15) is 40.0 Å². The maximum Gasteiger partial charge on any atom is 0.163 e. The summed E-state index contributed by atoms with van der Waals surface area (Å²) in [5.74, 6) is -0.634. The second-order valence-corrected chi connectivity index (χ2v) is 4.97. The highest BCUT2D eigenvalue weighted by molar-refractivity contribution is 5.81. The molecule has 1 N–H and O–H groups in total. The number of ether oxygens (including phenoxy) is 2. The summed E-state index contributed by atoms with van der Waals surface area (Å²) in [7, 11) is 0. The minimum atomic E-state index is -1.05. The quantitative estimate of drug-likeness (QED) is 0.707. The number of Topliss-reactive ketones (excluding diaryl/α,β-unsaturated/α-hetero) is 1. The van der Waals surface area contributed by atoms with Gasteiger partial charge in [-0.3, -0.25) is 4.79 Å². The van der Waals surface area contributed by atoms with Crippen LogP contribution in [0.2, 0.25) is 0 Å². The van der Waals surface area contributed by atoms with E-state index in [0.29, 0.717) is 12.8 Å². The van der Waals surface area contributed by atoms with Crippen LogP contribution in [0.25, 0.3) is 0 Å². The summed E-state index contributed by atoms with van der Waals surface area (Å²) < 4.78 is 11.3. The van der Waals surface area contributed by atoms with Crippen molar-refractivity contribution in [1.82, 2.24) is 0 Å². The summed E-state index contributed by atoms with van der Waals surface area (Å²) in [6, 6.07) is 0. The van der Waals surface area contributed by atoms with Crippen LogP contribution in [-0.4, -0.2) is 34.5 Å². The monoisotopic (exact) mass is 214 g/mol. The van der Waals surface area contributed by atoms with Gasteiger partial charge in [0.2, 0.25) is 0 Å². The second kappa shape index (κ2) is 3.27. The van der Waals surface area contributed by atoms with Crippen LogP contribution in [0.3, 0.4) is 0 Å². The van der Waals surface area contributed by atoms with E-state index in [2.05, 4.69) is 0 Å². The molecule has 1 saturated carbocycles. The molecule has 0 aromatic heterocycles. The molecule has 15 heavy (non-hydrogen) atoms. The zero-order valence-corrected chi connectivity index (χ0v) is 9.45. The Morgan fingerprint density at radius 3 is 2.73 bits per heavy atom. The summed E-state index contributed by atoms with van der Waals surface area (Å²) in [4.78, 5) is 11.5. The molecule has 1 saturated heterocycles. The van der Waals surface area contributed by atoms with Gasteiger partial charge in [0, 0.05) is 12.8 Å². The van der Waals surface area contributed by atoms with Gasteiger partial charge >= 0.3 is 0 Å². The van der Waals surface area contributed by atoms with Gasteiger partial charge in [0.25, 0.3) is 0 Å². The molecule has 3 atom stereocenters. The molecule has 86 valence electrons. The third kappa shape index (κ3) is 1.82. The Morgan fingerprint density at radius 2 is 2.13 bits per heavy atom. The van der Waals surface area contributed by atoms with Crippen LogP contribution in [0.4, 0.5) is 0 Å². The Bertz CT molecular complexity index is 286. The van der Waals surface area contributed by atoms with Gasteiger partial charge in [0.05, 0.1) is 6.10 Å². The lowest BCUT2D eigenvalue weighted by atomic mass is 9.78. The number of carbonyl (C=O) groups excluding carboxylic acids is 1. The molecule has 0 unspecified atom stereocenters. The standard InChI is InChI=1S/C11H18O4/c1-4-11(13)6-7(12)5-8-9(11)15-10(2,3)14-8/h8-9,13H,4-6H2,1-3H3/t8-,9-,11+/m1/s1. The van der Waals surface area contributed by atoms with Crippen LogP contribution >= 0.6 is 0 Å². The number of rotatable bonds is 1.